The van der Waals surface area contributed by atoms with Crippen molar-refractivity contribution in [2.24, 2.45) is 5.41 Å². The number of amides is 2. The molecule has 2 aromatic heterocycles. The monoisotopic (exact) mass is 389 g/mol. The van der Waals surface area contributed by atoms with E-state index >= 15 is 0 Å². The third-order valence-electron chi connectivity index (χ3n) is 5.94. The van der Waals surface area contributed by atoms with Gasteiger partial charge < -0.3 is 5.32 Å². The number of nitrogens with zero attached hydrogens (tertiary/aromatic N) is 4. The lowest BCUT2D eigenvalue weighted by molar-refractivity contribution is -0.127. The summed E-state index contributed by atoms with van der Waals surface area (Å²) in [5.74, 6) is 0.384. The molecule has 3 heterocycles. The van der Waals surface area contributed by atoms with Gasteiger partial charge in [-0.25, -0.2) is 9.97 Å². The minimum atomic E-state index is -0.472. The van der Waals surface area contributed by atoms with E-state index in [1.807, 2.05) is 25.1 Å². The van der Waals surface area contributed by atoms with Crippen LogP contribution < -0.4 is 10.2 Å². The van der Waals surface area contributed by atoms with E-state index in [9.17, 15) is 9.59 Å². The molecule has 0 radical (unpaired) electrons. The number of pyridine rings is 2. The minimum Gasteiger partial charge on any atom is -0.348 e. The molecular formula is C22H23N5O2. The normalized spacial score (nSPS) is 23.8. The molecule has 2 fully saturated rings. The topological polar surface area (TPSA) is 99.0 Å². The zero-order valence-electron chi connectivity index (χ0n) is 16.4. The van der Waals surface area contributed by atoms with Crippen molar-refractivity contribution in [3.05, 3.63) is 53.5 Å². The first-order valence-corrected chi connectivity index (χ1v) is 9.94. The van der Waals surface area contributed by atoms with Crippen LogP contribution in [-0.2, 0) is 4.79 Å². The maximum Gasteiger partial charge on any atom is 0.270 e. The largest absolute Gasteiger partial charge is 0.348 e. The van der Waals surface area contributed by atoms with E-state index in [0.717, 1.165) is 31.4 Å². The maximum atomic E-state index is 13.3. The van der Waals surface area contributed by atoms with E-state index in [0.29, 0.717) is 30.2 Å². The van der Waals surface area contributed by atoms with Crippen LogP contribution in [0.5, 0.6) is 0 Å². The SMILES string of the molecule is Cc1cccc(C(=O)N[C@H]2CCC[C@]3(CCN(c4cccc(C#N)n4)C3=O)C2)n1. The van der Waals surface area contributed by atoms with Crippen LogP contribution in [0.15, 0.2) is 36.4 Å². The number of nitriles is 1. The fourth-order valence-corrected chi connectivity index (χ4v) is 4.51. The van der Waals surface area contributed by atoms with Crippen LogP contribution in [0.3, 0.4) is 0 Å². The number of anilines is 1. The van der Waals surface area contributed by atoms with Crippen LogP contribution in [0, 0.1) is 23.7 Å². The highest BCUT2D eigenvalue weighted by Gasteiger charge is 2.50. The van der Waals surface area contributed by atoms with Crippen molar-refractivity contribution in [3.8, 4) is 6.07 Å². The average Bonchev–Trinajstić information content (AvgIpc) is 3.03. The lowest BCUT2D eigenvalue weighted by Gasteiger charge is -2.36. The van der Waals surface area contributed by atoms with Gasteiger partial charge in [0.15, 0.2) is 0 Å². The van der Waals surface area contributed by atoms with Crippen molar-refractivity contribution >= 4 is 17.6 Å². The molecule has 4 rings (SSSR count). The maximum absolute atomic E-state index is 13.3. The van der Waals surface area contributed by atoms with Crippen molar-refractivity contribution in [2.75, 3.05) is 11.4 Å². The number of hydrogen-bond donors (Lipinski definition) is 1. The molecule has 1 saturated carbocycles. The molecule has 7 heteroatoms. The molecular weight excluding hydrogens is 366 g/mol. The van der Waals surface area contributed by atoms with Gasteiger partial charge in [0.1, 0.15) is 23.3 Å². The number of aryl methyl sites for hydroxylation is 1. The van der Waals surface area contributed by atoms with Crippen molar-refractivity contribution < 1.29 is 9.59 Å². The molecule has 2 atom stereocenters. The predicted octanol–water partition coefficient (Wildman–Crippen LogP) is 2.75. The zero-order valence-corrected chi connectivity index (χ0v) is 16.4. The highest BCUT2D eigenvalue weighted by molar-refractivity contribution is 5.99. The Bertz CT molecular complexity index is 999. The van der Waals surface area contributed by atoms with E-state index < -0.39 is 5.41 Å². The van der Waals surface area contributed by atoms with Gasteiger partial charge in [0.25, 0.3) is 5.91 Å². The van der Waals surface area contributed by atoms with Crippen molar-refractivity contribution in [1.82, 2.24) is 15.3 Å². The van der Waals surface area contributed by atoms with Crippen LogP contribution in [0.4, 0.5) is 5.82 Å². The van der Waals surface area contributed by atoms with Crippen LogP contribution in [0.2, 0.25) is 0 Å². The van der Waals surface area contributed by atoms with Crippen LogP contribution in [-0.4, -0.2) is 34.4 Å². The lowest BCUT2D eigenvalue weighted by Crippen LogP contribution is -2.46. The molecule has 7 nitrogen and oxygen atoms in total. The van der Waals surface area contributed by atoms with Gasteiger partial charge in [0, 0.05) is 18.3 Å². The molecule has 1 saturated heterocycles. The highest BCUT2D eigenvalue weighted by atomic mass is 16.2. The summed E-state index contributed by atoms with van der Waals surface area (Å²) >= 11 is 0. The van der Waals surface area contributed by atoms with Gasteiger partial charge in [-0.15, -0.1) is 0 Å². The Hall–Kier alpha value is -3.27. The summed E-state index contributed by atoms with van der Waals surface area (Å²) < 4.78 is 0. The number of hydrogen-bond acceptors (Lipinski definition) is 5. The standard InChI is InChI=1S/C22H23N5O2/c1-15-5-2-8-18(24-15)20(28)26-16-7-4-10-22(13-16)11-12-27(21(22)29)19-9-3-6-17(14-23)25-19/h2-3,5-6,8-9,16H,4,7,10-13H2,1H3,(H,26,28)/t16-,22-/m0/s1. The summed E-state index contributed by atoms with van der Waals surface area (Å²) in [5.41, 5.74) is 1.03. The van der Waals surface area contributed by atoms with E-state index in [2.05, 4.69) is 15.3 Å². The summed E-state index contributed by atoms with van der Waals surface area (Å²) in [6.07, 6.45) is 3.92. The number of carbonyl (C=O) groups is 2. The Morgan fingerprint density at radius 1 is 1.24 bits per heavy atom. The highest BCUT2D eigenvalue weighted by Crippen LogP contribution is 2.45. The minimum absolute atomic E-state index is 0.0488. The molecule has 2 aromatic rings. The third-order valence-corrected chi connectivity index (χ3v) is 5.94. The van der Waals surface area contributed by atoms with Crippen molar-refractivity contribution in [3.63, 3.8) is 0 Å². The van der Waals surface area contributed by atoms with E-state index in [-0.39, 0.29) is 17.9 Å². The quantitative estimate of drug-likeness (QED) is 0.870. The Kier molecular flexibility index (Phi) is 5.01. The van der Waals surface area contributed by atoms with Gasteiger partial charge in [-0.2, -0.15) is 5.26 Å². The van der Waals surface area contributed by atoms with Gasteiger partial charge in [-0.05, 0) is 56.9 Å². The summed E-state index contributed by atoms with van der Waals surface area (Å²) in [4.78, 5) is 36.2. The predicted molar refractivity (Wildman–Crippen MR) is 107 cm³/mol. The third kappa shape index (κ3) is 3.70. The van der Waals surface area contributed by atoms with Crippen LogP contribution in [0.25, 0.3) is 0 Å². The van der Waals surface area contributed by atoms with Crippen molar-refractivity contribution in [2.45, 2.75) is 45.1 Å². The Balaban J connectivity index is 1.48. The van der Waals surface area contributed by atoms with Gasteiger partial charge in [0.2, 0.25) is 5.91 Å². The first-order valence-electron chi connectivity index (χ1n) is 9.94. The fraction of sp³-hybridized carbons (Fsp3) is 0.409. The molecule has 2 amide bonds. The molecule has 0 unspecified atom stereocenters. The number of carbonyl (C=O) groups excluding carboxylic acids is 2. The lowest BCUT2D eigenvalue weighted by atomic mass is 9.71. The number of rotatable bonds is 3. The first-order chi connectivity index (χ1) is 14.0. The Morgan fingerprint density at radius 3 is 2.86 bits per heavy atom. The van der Waals surface area contributed by atoms with Crippen molar-refractivity contribution in [1.29, 1.82) is 5.26 Å². The summed E-state index contributed by atoms with van der Waals surface area (Å²) in [7, 11) is 0. The molecule has 1 N–H and O–H groups in total. The summed E-state index contributed by atoms with van der Waals surface area (Å²) in [6.45, 7) is 2.44. The molecule has 0 bridgehead atoms. The fourth-order valence-electron chi connectivity index (χ4n) is 4.51. The van der Waals surface area contributed by atoms with Gasteiger partial charge in [-0.1, -0.05) is 18.6 Å². The van der Waals surface area contributed by atoms with E-state index in [1.54, 1.807) is 29.2 Å². The van der Waals surface area contributed by atoms with E-state index in [4.69, 9.17) is 5.26 Å². The molecule has 148 valence electrons. The smallest absolute Gasteiger partial charge is 0.270 e. The number of aromatic nitrogens is 2. The van der Waals surface area contributed by atoms with Gasteiger partial charge in [0.05, 0.1) is 5.41 Å². The second kappa shape index (κ2) is 7.63. The zero-order chi connectivity index (χ0) is 20.4. The summed E-state index contributed by atoms with van der Waals surface area (Å²) in [6, 6.07) is 12.5. The molecule has 1 aliphatic carbocycles. The first kappa shape index (κ1) is 19.1. The Morgan fingerprint density at radius 2 is 2.07 bits per heavy atom. The molecule has 0 aromatic carbocycles. The summed E-state index contributed by atoms with van der Waals surface area (Å²) in [5, 5.41) is 12.2. The van der Waals surface area contributed by atoms with Crippen LogP contribution >= 0.6 is 0 Å². The van der Waals surface area contributed by atoms with Gasteiger partial charge >= 0.3 is 0 Å². The molecule has 2 aliphatic rings. The molecule has 1 aliphatic heterocycles. The Labute approximate surface area is 169 Å². The second-order valence-corrected chi connectivity index (χ2v) is 7.91. The number of nitrogens with one attached hydrogen (secondary N) is 1. The van der Waals surface area contributed by atoms with E-state index in [1.165, 1.54) is 0 Å². The van der Waals surface area contributed by atoms with Gasteiger partial charge in [-0.3, -0.25) is 14.5 Å². The second-order valence-electron chi connectivity index (χ2n) is 7.91. The molecule has 29 heavy (non-hydrogen) atoms. The average molecular weight is 389 g/mol. The van der Waals surface area contributed by atoms with Crippen LogP contribution in [0.1, 0.15) is 54.0 Å². The molecule has 1 spiro atoms.